The van der Waals surface area contributed by atoms with Crippen LogP contribution in [0.25, 0.3) is 0 Å². The normalized spacial score (nSPS) is 12.0. The molecule has 24 heavy (non-hydrogen) atoms. The van der Waals surface area contributed by atoms with E-state index in [9.17, 15) is 4.79 Å². The molecule has 1 N–H and O–H groups in total. The summed E-state index contributed by atoms with van der Waals surface area (Å²) in [4.78, 5) is 21.0. The number of nitrogens with zero attached hydrogens (tertiary/aromatic N) is 2. The van der Waals surface area contributed by atoms with Crippen LogP contribution in [0.1, 0.15) is 34.3 Å². The molecule has 0 aliphatic heterocycles. The van der Waals surface area contributed by atoms with Crippen molar-refractivity contribution in [2.75, 3.05) is 0 Å². The van der Waals surface area contributed by atoms with Gasteiger partial charge in [-0.05, 0) is 47.4 Å². The number of aromatic nitrogens is 2. The number of amides is 1. The van der Waals surface area contributed by atoms with Gasteiger partial charge in [0.05, 0.1) is 6.04 Å². The smallest absolute Gasteiger partial charge is 0.220 e. The molecule has 0 aromatic carbocycles. The lowest BCUT2D eigenvalue weighted by Crippen LogP contribution is -2.30. The lowest BCUT2D eigenvalue weighted by molar-refractivity contribution is -0.121. The number of thiophene rings is 1. The standard InChI is InChI=1S/C18H19N3OS2/c1-13-11-24-18(20-13)16(9-15-6-8-23-12-15)21-17(22)5-4-14-3-2-7-19-10-14/h2-3,6-8,10-12,16H,4-5,9H2,1H3,(H,21,22). The van der Waals surface area contributed by atoms with Gasteiger partial charge >= 0.3 is 0 Å². The summed E-state index contributed by atoms with van der Waals surface area (Å²) >= 11 is 3.28. The number of thiazole rings is 1. The lowest BCUT2D eigenvalue weighted by atomic mass is 10.1. The minimum Gasteiger partial charge on any atom is -0.347 e. The zero-order chi connectivity index (χ0) is 16.8. The summed E-state index contributed by atoms with van der Waals surface area (Å²) in [6.45, 7) is 1.98. The summed E-state index contributed by atoms with van der Waals surface area (Å²) in [5.74, 6) is 0.0481. The highest BCUT2D eigenvalue weighted by atomic mass is 32.1. The van der Waals surface area contributed by atoms with Gasteiger partial charge in [0.2, 0.25) is 5.91 Å². The Morgan fingerprint density at radius 1 is 1.29 bits per heavy atom. The lowest BCUT2D eigenvalue weighted by Gasteiger charge is -2.16. The summed E-state index contributed by atoms with van der Waals surface area (Å²) in [5, 5.41) is 10.3. The van der Waals surface area contributed by atoms with Crippen LogP contribution in [0, 0.1) is 6.92 Å². The van der Waals surface area contributed by atoms with Gasteiger partial charge in [0.15, 0.2) is 0 Å². The molecule has 1 unspecified atom stereocenters. The maximum Gasteiger partial charge on any atom is 0.220 e. The monoisotopic (exact) mass is 357 g/mol. The zero-order valence-corrected chi connectivity index (χ0v) is 15.1. The van der Waals surface area contributed by atoms with Crippen LogP contribution in [0.5, 0.6) is 0 Å². The summed E-state index contributed by atoms with van der Waals surface area (Å²) < 4.78 is 0. The Morgan fingerprint density at radius 2 is 2.21 bits per heavy atom. The van der Waals surface area contributed by atoms with Crippen LogP contribution in [0.4, 0.5) is 0 Å². The minimum absolute atomic E-state index is 0.0481. The highest BCUT2D eigenvalue weighted by molar-refractivity contribution is 7.09. The predicted molar refractivity (Wildman–Crippen MR) is 98.3 cm³/mol. The Balaban J connectivity index is 1.63. The average Bonchev–Trinajstić information content (AvgIpc) is 3.25. The van der Waals surface area contributed by atoms with Gasteiger partial charge in [-0.15, -0.1) is 11.3 Å². The van der Waals surface area contributed by atoms with Crippen molar-refractivity contribution < 1.29 is 4.79 Å². The Bertz CT molecular complexity index is 769. The predicted octanol–water partition coefficient (Wildman–Crippen LogP) is 3.94. The van der Waals surface area contributed by atoms with E-state index in [2.05, 4.69) is 32.1 Å². The second kappa shape index (κ2) is 8.17. The minimum atomic E-state index is -0.0697. The van der Waals surface area contributed by atoms with E-state index in [1.54, 1.807) is 35.1 Å². The van der Waals surface area contributed by atoms with E-state index in [-0.39, 0.29) is 11.9 Å². The van der Waals surface area contributed by atoms with Gasteiger partial charge in [0.1, 0.15) is 5.01 Å². The van der Waals surface area contributed by atoms with Crippen molar-refractivity contribution in [3.05, 3.63) is 68.6 Å². The molecule has 1 atom stereocenters. The molecule has 1 amide bonds. The first kappa shape index (κ1) is 16.8. The molecule has 0 aliphatic rings. The maximum atomic E-state index is 12.4. The molecular formula is C18H19N3OS2. The quantitative estimate of drug-likeness (QED) is 0.697. The highest BCUT2D eigenvalue weighted by Gasteiger charge is 2.18. The van der Waals surface area contributed by atoms with E-state index in [4.69, 9.17) is 0 Å². The van der Waals surface area contributed by atoms with Crippen molar-refractivity contribution in [3.8, 4) is 0 Å². The van der Waals surface area contributed by atoms with Crippen molar-refractivity contribution in [1.29, 1.82) is 0 Å². The van der Waals surface area contributed by atoms with E-state index in [1.165, 1.54) is 5.56 Å². The summed E-state index contributed by atoms with van der Waals surface area (Å²) in [6, 6.07) is 5.91. The van der Waals surface area contributed by atoms with Gasteiger partial charge in [-0.3, -0.25) is 9.78 Å². The molecule has 0 fully saturated rings. The molecule has 4 nitrogen and oxygen atoms in total. The van der Waals surface area contributed by atoms with Crippen molar-refractivity contribution in [3.63, 3.8) is 0 Å². The molecule has 0 spiro atoms. The molecule has 3 rings (SSSR count). The molecule has 3 heterocycles. The van der Waals surface area contributed by atoms with E-state index >= 15 is 0 Å². The molecule has 0 radical (unpaired) electrons. The molecule has 0 saturated heterocycles. The molecule has 6 heteroatoms. The fourth-order valence-corrected chi connectivity index (χ4v) is 3.98. The third-order valence-electron chi connectivity index (χ3n) is 3.65. The third-order valence-corrected chi connectivity index (χ3v) is 5.46. The number of nitrogens with one attached hydrogen (secondary N) is 1. The highest BCUT2D eigenvalue weighted by Crippen LogP contribution is 2.23. The fourth-order valence-electron chi connectivity index (χ4n) is 2.45. The van der Waals surface area contributed by atoms with Crippen molar-refractivity contribution in [2.45, 2.75) is 32.2 Å². The van der Waals surface area contributed by atoms with Gasteiger partial charge < -0.3 is 5.32 Å². The second-order valence-electron chi connectivity index (χ2n) is 5.64. The number of carbonyl (C=O) groups excluding carboxylic acids is 1. The Labute approximate surface area is 149 Å². The Morgan fingerprint density at radius 3 is 2.88 bits per heavy atom. The second-order valence-corrected chi connectivity index (χ2v) is 7.31. The Hall–Kier alpha value is -2.05. The van der Waals surface area contributed by atoms with Crippen LogP contribution in [0.2, 0.25) is 0 Å². The van der Waals surface area contributed by atoms with E-state index in [1.807, 2.05) is 24.4 Å². The molecule has 3 aromatic rings. The zero-order valence-electron chi connectivity index (χ0n) is 13.4. The number of rotatable bonds is 7. The van der Waals surface area contributed by atoms with Crippen LogP contribution in [0.15, 0.2) is 46.7 Å². The van der Waals surface area contributed by atoms with Gasteiger partial charge in [0.25, 0.3) is 0 Å². The SMILES string of the molecule is Cc1csc(C(Cc2ccsc2)NC(=O)CCc2cccnc2)n1. The molecule has 0 aliphatic carbocycles. The van der Waals surface area contributed by atoms with Crippen molar-refractivity contribution in [1.82, 2.24) is 15.3 Å². The van der Waals surface area contributed by atoms with Gasteiger partial charge in [-0.2, -0.15) is 11.3 Å². The first-order valence-corrected chi connectivity index (χ1v) is 9.64. The van der Waals surface area contributed by atoms with Crippen LogP contribution in [0.3, 0.4) is 0 Å². The van der Waals surface area contributed by atoms with E-state index in [0.29, 0.717) is 12.8 Å². The fraction of sp³-hybridized carbons (Fsp3) is 0.278. The first-order valence-electron chi connectivity index (χ1n) is 7.82. The van der Waals surface area contributed by atoms with Crippen LogP contribution >= 0.6 is 22.7 Å². The van der Waals surface area contributed by atoms with Crippen molar-refractivity contribution >= 4 is 28.6 Å². The van der Waals surface area contributed by atoms with Crippen LogP contribution in [-0.2, 0) is 17.6 Å². The van der Waals surface area contributed by atoms with E-state index in [0.717, 1.165) is 22.7 Å². The topological polar surface area (TPSA) is 54.9 Å². The van der Waals surface area contributed by atoms with Gasteiger partial charge in [-0.1, -0.05) is 6.07 Å². The number of hydrogen-bond donors (Lipinski definition) is 1. The molecule has 0 saturated carbocycles. The summed E-state index contributed by atoms with van der Waals surface area (Å²) in [6.07, 6.45) is 5.47. The molecular weight excluding hydrogens is 338 g/mol. The van der Waals surface area contributed by atoms with Crippen molar-refractivity contribution in [2.24, 2.45) is 0 Å². The molecule has 3 aromatic heterocycles. The summed E-state index contributed by atoms with van der Waals surface area (Å²) in [7, 11) is 0. The van der Waals surface area contributed by atoms with Crippen LogP contribution in [-0.4, -0.2) is 15.9 Å². The number of aryl methyl sites for hydroxylation is 2. The first-order chi connectivity index (χ1) is 11.7. The van der Waals surface area contributed by atoms with Gasteiger partial charge in [0, 0.05) is 36.3 Å². The average molecular weight is 358 g/mol. The maximum absolute atomic E-state index is 12.4. The summed E-state index contributed by atoms with van der Waals surface area (Å²) in [5.41, 5.74) is 3.30. The van der Waals surface area contributed by atoms with Crippen LogP contribution < -0.4 is 5.32 Å². The number of pyridine rings is 1. The third kappa shape index (κ3) is 4.72. The largest absolute Gasteiger partial charge is 0.347 e. The number of hydrogen-bond acceptors (Lipinski definition) is 5. The molecule has 0 bridgehead atoms. The molecule has 124 valence electrons. The number of carbonyl (C=O) groups is 1. The van der Waals surface area contributed by atoms with E-state index < -0.39 is 0 Å². The van der Waals surface area contributed by atoms with Gasteiger partial charge in [-0.25, -0.2) is 4.98 Å². The Kier molecular flexibility index (Phi) is 5.72.